The molecule has 144 valence electrons. The van der Waals surface area contributed by atoms with Crippen LogP contribution in [0.15, 0.2) is 53.3 Å². The van der Waals surface area contributed by atoms with E-state index >= 15 is 0 Å². The molecule has 0 aliphatic heterocycles. The molecule has 0 unspecified atom stereocenters. The molecular weight excluding hydrogens is 380 g/mol. The van der Waals surface area contributed by atoms with E-state index in [-0.39, 0.29) is 24.2 Å². The van der Waals surface area contributed by atoms with Crippen molar-refractivity contribution in [1.82, 2.24) is 9.55 Å². The number of benzene rings is 2. The number of anilines is 2. The largest absolute Gasteiger partial charge is 0.325 e. The number of amides is 2. The standard InChI is InChI=1S/C20H19ClN4O3/c1-3-24(13(2)26)19-20(28)25(17-7-5-4-6-16(17)23-19)12-18(27)22-15-10-8-14(21)9-11-15/h4-11H,3,12H2,1-2H3,(H,22,27). The van der Waals surface area contributed by atoms with Gasteiger partial charge in [-0.1, -0.05) is 23.7 Å². The number of nitrogens with one attached hydrogen (secondary N) is 1. The van der Waals surface area contributed by atoms with Gasteiger partial charge in [0.05, 0.1) is 11.0 Å². The Hall–Kier alpha value is -3.19. The summed E-state index contributed by atoms with van der Waals surface area (Å²) >= 11 is 5.85. The minimum atomic E-state index is -0.498. The van der Waals surface area contributed by atoms with Gasteiger partial charge in [0.2, 0.25) is 17.6 Å². The third kappa shape index (κ3) is 4.04. The van der Waals surface area contributed by atoms with E-state index < -0.39 is 5.56 Å². The average Bonchev–Trinajstić information content (AvgIpc) is 2.67. The average molecular weight is 399 g/mol. The molecule has 0 aliphatic carbocycles. The molecule has 0 spiro atoms. The van der Waals surface area contributed by atoms with Crippen LogP contribution in [0, 0.1) is 0 Å². The summed E-state index contributed by atoms with van der Waals surface area (Å²) in [6.07, 6.45) is 0. The van der Waals surface area contributed by atoms with Crippen molar-refractivity contribution in [1.29, 1.82) is 0 Å². The van der Waals surface area contributed by atoms with Gasteiger partial charge in [0.25, 0.3) is 5.56 Å². The normalized spacial score (nSPS) is 10.7. The minimum absolute atomic E-state index is 0.00740. The fraction of sp³-hybridized carbons (Fsp3) is 0.200. The third-order valence-electron chi connectivity index (χ3n) is 4.22. The topological polar surface area (TPSA) is 84.3 Å². The lowest BCUT2D eigenvalue weighted by Gasteiger charge is -2.19. The van der Waals surface area contributed by atoms with Crippen molar-refractivity contribution in [3.05, 3.63) is 63.9 Å². The summed E-state index contributed by atoms with van der Waals surface area (Å²) in [5, 5.41) is 3.29. The number of aromatic nitrogens is 2. The summed E-state index contributed by atoms with van der Waals surface area (Å²) in [4.78, 5) is 43.1. The van der Waals surface area contributed by atoms with Gasteiger partial charge in [-0.2, -0.15) is 0 Å². The Morgan fingerprint density at radius 2 is 1.82 bits per heavy atom. The van der Waals surface area contributed by atoms with Crippen molar-refractivity contribution in [2.45, 2.75) is 20.4 Å². The second-order valence-electron chi connectivity index (χ2n) is 6.13. The molecular formula is C20H19ClN4O3. The van der Waals surface area contributed by atoms with E-state index in [0.29, 0.717) is 28.3 Å². The van der Waals surface area contributed by atoms with Crippen molar-refractivity contribution in [3.63, 3.8) is 0 Å². The Morgan fingerprint density at radius 1 is 1.14 bits per heavy atom. The minimum Gasteiger partial charge on any atom is -0.325 e. The van der Waals surface area contributed by atoms with Crippen molar-refractivity contribution in [2.75, 3.05) is 16.8 Å². The van der Waals surface area contributed by atoms with Crippen LogP contribution in [0.4, 0.5) is 11.5 Å². The Kier molecular flexibility index (Phi) is 5.75. The van der Waals surface area contributed by atoms with Crippen LogP contribution < -0.4 is 15.8 Å². The van der Waals surface area contributed by atoms with Crippen molar-refractivity contribution in [2.24, 2.45) is 0 Å². The molecule has 0 bridgehead atoms. The van der Waals surface area contributed by atoms with E-state index in [0.717, 1.165) is 0 Å². The molecule has 28 heavy (non-hydrogen) atoms. The predicted octanol–water partition coefficient (Wildman–Crippen LogP) is 3.06. The van der Waals surface area contributed by atoms with Gasteiger partial charge in [0.1, 0.15) is 6.54 Å². The Morgan fingerprint density at radius 3 is 2.46 bits per heavy atom. The SMILES string of the molecule is CCN(C(C)=O)c1nc2ccccc2n(CC(=O)Nc2ccc(Cl)cc2)c1=O. The second-order valence-corrected chi connectivity index (χ2v) is 6.57. The maximum Gasteiger partial charge on any atom is 0.294 e. The molecule has 0 fully saturated rings. The number of hydrogen-bond donors (Lipinski definition) is 1. The molecule has 7 nitrogen and oxygen atoms in total. The first-order valence-corrected chi connectivity index (χ1v) is 9.11. The molecule has 0 aliphatic rings. The van der Waals surface area contributed by atoms with Gasteiger partial charge in [-0.15, -0.1) is 0 Å². The van der Waals surface area contributed by atoms with Gasteiger partial charge < -0.3 is 5.32 Å². The van der Waals surface area contributed by atoms with Crippen LogP contribution in [0.25, 0.3) is 11.0 Å². The maximum absolute atomic E-state index is 13.0. The number of nitrogens with zero attached hydrogens (tertiary/aromatic N) is 3. The fourth-order valence-electron chi connectivity index (χ4n) is 2.91. The summed E-state index contributed by atoms with van der Waals surface area (Å²) in [5.41, 5.74) is 1.11. The van der Waals surface area contributed by atoms with E-state index in [9.17, 15) is 14.4 Å². The number of hydrogen-bond acceptors (Lipinski definition) is 4. The number of carbonyl (C=O) groups is 2. The number of para-hydroxylation sites is 2. The highest BCUT2D eigenvalue weighted by Gasteiger charge is 2.20. The predicted molar refractivity (Wildman–Crippen MR) is 110 cm³/mol. The van der Waals surface area contributed by atoms with Gasteiger partial charge in [-0.25, -0.2) is 4.98 Å². The van der Waals surface area contributed by atoms with Crippen LogP contribution in [0.2, 0.25) is 5.02 Å². The zero-order valence-corrected chi connectivity index (χ0v) is 16.2. The summed E-state index contributed by atoms with van der Waals surface area (Å²) < 4.78 is 1.33. The van der Waals surface area contributed by atoms with Crippen molar-refractivity contribution >= 4 is 46.0 Å². The van der Waals surface area contributed by atoms with Crippen LogP contribution in [-0.2, 0) is 16.1 Å². The molecule has 2 aromatic carbocycles. The molecule has 2 amide bonds. The number of carbonyl (C=O) groups excluding carboxylic acids is 2. The van der Waals surface area contributed by atoms with Gasteiger partial charge in [0.15, 0.2) is 0 Å². The van der Waals surface area contributed by atoms with Crippen LogP contribution in [0.1, 0.15) is 13.8 Å². The first kappa shape index (κ1) is 19.6. The number of rotatable bonds is 5. The molecule has 0 radical (unpaired) electrons. The quantitative estimate of drug-likeness (QED) is 0.715. The molecule has 1 aromatic heterocycles. The van der Waals surface area contributed by atoms with E-state index in [1.54, 1.807) is 55.5 Å². The van der Waals surface area contributed by atoms with Crippen molar-refractivity contribution < 1.29 is 9.59 Å². The lowest BCUT2D eigenvalue weighted by molar-refractivity contribution is -0.117. The lowest BCUT2D eigenvalue weighted by atomic mass is 10.2. The molecule has 3 rings (SSSR count). The zero-order valence-electron chi connectivity index (χ0n) is 15.5. The van der Waals surface area contributed by atoms with E-state index in [1.807, 2.05) is 0 Å². The van der Waals surface area contributed by atoms with E-state index in [2.05, 4.69) is 10.3 Å². The first-order valence-electron chi connectivity index (χ1n) is 8.73. The highest BCUT2D eigenvalue weighted by Crippen LogP contribution is 2.16. The molecule has 1 heterocycles. The molecule has 0 saturated heterocycles. The Bertz CT molecular complexity index is 1090. The monoisotopic (exact) mass is 398 g/mol. The molecule has 8 heteroatoms. The van der Waals surface area contributed by atoms with Gasteiger partial charge in [0, 0.05) is 24.2 Å². The summed E-state index contributed by atoms with van der Waals surface area (Å²) in [5.74, 6) is -0.662. The zero-order chi connectivity index (χ0) is 20.3. The fourth-order valence-corrected chi connectivity index (χ4v) is 3.04. The highest BCUT2D eigenvalue weighted by molar-refractivity contribution is 6.30. The van der Waals surface area contributed by atoms with Crippen LogP contribution in [0.3, 0.4) is 0 Å². The molecule has 0 atom stereocenters. The lowest BCUT2D eigenvalue weighted by Crippen LogP contribution is -2.38. The summed E-state index contributed by atoms with van der Waals surface area (Å²) in [6, 6.07) is 13.7. The number of fused-ring (bicyclic) bond motifs is 1. The van der Waals surface area contributed by atoms with Crippen LogP contribution in [-0.4, -0.2) is 27.9 Å². The third-order valence-corrected chi connectivity index (χ3v) is 4.47. The van der Waals surface area contributed by atoms with Gasteiger partial charge in [-0.05, 0) is 43.3 Å². The maximum atomic E-state index is 13.0. The van der Waals surface area contributed by atoms with E-state index in [1.165, 1.54) is 16.4 Å². The van der Waals surface area contributed by atoms with Crippen LogP contribution in [0.5, 0.6) is 0 Å². The highest BCUT2D eigenvalue weighted by atomic mass is 35.5. The first-order chi connectivity index (χ1) is 13.4. The van der Waals surface area contributed by atoms with E-state index in [4.69, 9.17) is 11.6 Å². The van der Waals surface area contributed by atoms with Crippen molar-refractivity contribution in [3.8, 4) is 0 Å². The second kappa shape index (κ2) is 8.22. The summed E-state index contributed by atoms with van der Waals surface area (Å²) in [7, 11) is 0. The number of halogens is 1. The van der Waals surface area contributed by atoms with Gasteiger partial charge in [-0.3, -0.25) is 23.9 Å². The molecule has 0 saturated carbocycles. The molecule has 3 aromatic rings. The Balaban J connectivity index is 2.02. The van der Waals surface area contributed by atoms with Crippen LogP contribution >= 0.6 is 11.6 Å². The Labute approximate surface area is 166 Å². The summed E-state index contributed by atoms with van der Waals surface area (Å²) in [6.45, 7) is 3.21. The van der Waals surface area contributed by atoms with Gasteiger partial charge >= 0.3 is 0 Å². The molecule has 1 N–H and O–H groups in total. The smallest absolute Gasteiger partial charge is 0.294 e.